The molecule has 1 atom stereocenters. The SMILES string of the molecule is Cc1ccsc1CNC(=O)CN(CCO)C1CCc2ccccc21. The molecular weight excluding hydrogens is 320 g/mol. The van der Waals surface area contributed by atoms with Crippen LogP contribution in [-0.2, 0) is 17.8 Å². The highest BCUT2D eigenvalue weighted by atomic mass is 32.1. The van der Waals surface area contributed by atoms with E-state index in [4.69, 9.17) is 0 Å². The van der Waals surface area contributed by atoms with E-state index in [9.17, 15) is 9.90 Å². The van der Waals surface area contributed by atoms with E-state index >= 15 is 0 Å². The highest BCUT2D eigenvalue weighted by Gasteiger charge is 2.28. The molecule has 3 rings (SSSR count). The van der Waals surface area contributed by atoms with Gasteiger partial charge < -0.3 is 10.4 Å². The Hall–Kier alpha value is -1.69. The lowest BCUT2D eigenvalue weighted by molar-refractivity contribution is -0.123. The number of aliphatic hydroxyl groups is 1. The molecule has 1 aromatic carbocycles. The van der Waals surface area contributed by atoms with Crippen LogP contribution < -0.4 is 5.32 Å². The van der Waals surface area contributed by atoms with Gasteiger partial charge in [-0.2, -0.15) is 0 Å². The van der Waals surface area contributed by atoms with Crippen LogP contribution in [0.5, 0.6) is 0 Å². The number of hydrogen-bond donors (Lipinski definition) is 2. The fourth-order valence-electron chi connectivity index (χ4n) is 3.39. The largest absolute Gasteiger partial charge is 0.395 e. The van der Waals surface area contributed by atoms with Crippen LogP contribution in [0.4, 0.5) is 0 Å². The fourth-order valence-corrected chi connectivity index (χ4v) is 4.24. The molecule has 1 aliphatic carbocycles. The Morgan fingerprint density at radius 1 is 1.38 bits per heavy atom. The number of hydrogen-bond acceptors (Lipinski definition) is 4. The third-order valence-electron chi connectivity index (χ3n) is 4.69. The van der Waals surface area contributed by atoms with Gasteiger partial charge in [-0.15, -0.1) is 11.3 Å². The summed E-state index contributed by atoms with van der Waals surface area (Å²) >= 11 is 1.67. The molecule has 24 heavy (non-hydrogen) atoms. The van der Waals surface area contributed by atoms with Gasteiger partial charge in [0.1, 0.15) is 0 Å². The van der Waals surface area contributed by atoms with E-state index in [1.165, 1.54) is 21.6 Å². The molecule has 5 heteroatoms. The van der Waals surface area contributed by atoms with Crippen LogP contribution in [0, 0.1) is 6.92 Å². The first-order valence-corrected chi connectivity index (χ1v) is 9.29. The van der Waals surface area contributed by atoms with Crippen LogP contribution >= 0.6 is 11.3 Å². The molecule has 1 aromatic heterocycles. The highest BCUT2D eigenvalue weighted by Crippen LogP contribution is 2.35. The first-order chi connectivity index (χ1) is 11.7. The molecule has 2 N–H and O–H groups in total. The number of fused-ring (bicyclic) bond motifs is 1. The molecule has 1 amide bonds. The minimum Gasteiger partial charge on any atom is -0.395 e. The number of amides is 1. The van der Waals surface area contributed by atoms with E-state index in [0.29, 0.717) is 19.6 Å². The maximum atomic E-state index is 12.4. The second-order valence-corrected chi connectivity index (χ2v) is 7.25. The quantitative estimate of drug-likeness (QED) is 0.812. The summed E-state index contributed by atoms with van der Waals surface area (Å²) < 4.78 is 0. The van der Waals surface area contributed by atoms with Crippen molar-refractivity contribution in [1.82, 2.24) is 10.2 Å². The van der Waals surface area contributed by atoms with Gasteiger partial charge in [0.25, 0.3) is 0 Å². The maximum absolute atomic E-state index is 12.4. The van der Waals surface area contributed by atoms with Crippen molar-refractivity contribution in [3.8, 4) is 0 Å². The molecular formula is C19H24N2O2S. The molecule has 0 bridgehead atoms. The zero-order chi connectivity index (χ0) is 16.9. The van der Waals surface area contributed by atoms with Crippen molar-refractivity contribution in [1.29, 1.82) is 0 Å². The predicted octanol–water partition coefficient (Wildman–Crippen LogP) is 2.65. The van der Waals surface area contributed by atoms with Gasteiger partial charge in [0.15, 0.2) is 0 Å². The third-order valence-corrected chi connectivity index (χ3v) is 5.71. The van der Waals surface area contributed by atoms with Gasteiger partial charge in [0.05, 0.1) is 19.7 Å². The second kappa shape index (κ2) is 7.92. The Labute approximate surface area is 147 Å². The first-order valence-electron chi connectivity index (χ1n) is 8.41. The summed E-state index contributed by atoms with van der Waals surface area (Å²) in [5.41, 5.74) is 3.88. The molecule has 128 valence electrons. The van der Waals surface area contributed by atoms with Crippen LogP contribution in [-0.4, -0.2) is 35.6 Å². The van der Waals surface area contributed by atoms with Gasteiger partial charge in [-0.3, -0.25) is 9.69 Å². The molecule has 0 fully saturated rings. The number of thiophene rings is 1. The number of carbonyl (C=O) groups excluding carboxylic acids is 1. The Morgan fingerprint density at radius 3 is 2.96 bits per heavy atom. The number of rotatable bonds is 7. The molecule has 4 nitrogen and oxygen atoms in total. The predicted molar refractivity (Wildman–Crippen MR) is 97.1 cm³/mol. The van der Waals surface area contributed by atoms with Gasteiger partial charge in [-0.05, 0) is 47.9 Å². The van der Waals surface area contributed by atoms with Crippen LogP contribution in [0.15, 0.2) is 35.7 Å². The lowest BCUT2D eigenvalue weighted by Gasteiger charge is -2.28. The molecule has 0 aliphatic heterocycles. The average Bonchev–Trinajstić information content (AvgIpc) is 3.18. The number of nitrogens with one attached hydrogen (secondary N) is 1. The van der Waals surface area contributed by atoms with Crippen molar-refractivity contribution in [2.75, 3.05) is 19.7 Å². The summed E-state index contributed by atoms with van der Waals surface area (Å²) in [4.78, 5) is 15.7. The minimum atomic E-state index is 0.0145. The molecule has 1 heterocycles. The van der Waals surface area contributed by atoms with Crippen LogP contribution in [0.25, 0.3) is 0 Å². The summed E-state index contributed by atoms with van der Waals surface area (Å²) in [5, 5.41) is 14.5. The van der Waals surface area contributed by atoms with Crippen molar-refractivity contribution in [2.45, 2.75) is 32.4 Å². The maximum Gasteiger partial charge on any atom is 0.234 e. The van der Waals surface area contributed by atoms with E-state index in [1.54, 1.807) is 11.3 Å². The average molecular weight is 344 g/mol. The van der Waals surface area contributed by atoms with Crippen LogP contribution in [0.2, 0.25) is 0 Å². The molecule has 0 saturated carbocycles. The minimum absolute atomic E-state index is 0.0145. The summed E-state index contributed by atoms with van der Waals surface area (Å²) in [6.45, 7) is 3.55. The highest BCUT2D eigenvalue weighted by molar-refractivity contribution is 7.10. The summed E-state index contributed by atoms with van der Waals surface area (Å²) in [5.74, 6) is 0.0145. The summed E-state index contributed by atoms with van der Waals surface area (Å²) in [6.07, 6.45) is 2.05. The molecule has 1 aliphatic rings. The van der Waals surface area contributed by atoms with E-state index in [0.717, 1.165) is 12.8 Å². The summed E-state index contributed by atoms with van der Waals surface area (Å²) in [6, 6.07) is 10.7. The Bertz CT molecular complexity index is 698. The third kappa shape index (κ3) is 3.86. The van der Waals surface area contributed by atoms with Crippen molar-refractivity contribution in [3.63, 3.8) is 0 Å². The normalized spacial score (nSPS) is 16.4. The second-order valence-electron chi connectivity index (χ2n) is 6.25. The van der Waals surface area contributed by atoms with Crippen LogP contribution in [0.1, 0.15) is 34.0 Å². The number of aliphatic hydroxyl groups excluding tert-OH is 1. The number of benzene rings is 1. The van der Waals surface area contributed by atoms with Gasteiger partial charge in [0.2, 0.25) is 5.91 Å². The van der Waals surface area contributed by atoms with Gasteiger partial charge >= 0.3 is 0 Å². The van der Waals surface area contributed by atoms with E-state index in [-0.39, 0.29) is 18.6 Å². The van der Waals surface area contributed by atoms with Crippen LogP contribution in [0.3, 0.4) is 0 Å². The van der Waals surface area contributed by atoms with Crippen molar-refractivity contribution >= 4 is 17.2 Å². The van der Waals surface area contributed by atoms with Gasteiger partial charge in [-0.1, -0.05) is 24.3 Å². The standard InChI is InChI=1S/C19H24N2O2S/c1-14-8-11-24-18(14)12-20-19(23)13-21(9-10-22)17-7-6-15-4-2-3-5-16(15)17/h2-5,8,11,17,22H,6-7,9-10,12-13H2,1H3,(H,20,23). The van der Waals surface area contributed by atoms with Gasteiger partial charge in [-0.25, -0.2) is 0 Å². The fraction of sp³-hybridized carbons (Fsp3) is 0.421. The molecule has 1 unspecified atom stereocenters. The zero-order valence-corrected chi connectivity index (χ0v) is 14.8. The lowest BCUT2D eigenvalue weighted by Crippen LogP contribution is -2.40. The van der Waals surface area contributed by atoms with Gasteiger partial charge in [0, 0.05) is 17.5 Å². The first kappa shape index (κ1) is 17.1. The molecule has 0 spiro atoms. The number of nitrogens with zero attached hydrogens (tertiary/aromatic N) is 1. The van der Waals surface area contributed by atoms with E-state index in [1.807, 2.05) is 11.4 Å². The summed E-state index contributed by atoms with van der Waals surface area (Å²) in [7, 11) is 0. The lowest BCUT2D eigenvalue weighted by atomic mass is 10.1. The van der Waals surface area contributed by atoms with Crippen molar-refractivity contribution < 1.29 is 9.90 Å². The topological polar surface area (TPSA) is 52.6 Å². The van der Waals surface area contributed by atoms with E-state index < -0.39 is 0 Å². The Balaban J connectivity index is 1.62. The van der Waals surface area contributed by atoms with Crippen molar-refractivity contribution in [2.24, 2.45) is 0 Å². The van der Waals surface area contributed by atoms with E-state index in [2.05, 4.69) is 41.4 Å². The zero-order valence-electron chi connectivity index (χ0n) is 14.0. The number of carbonyl (C=O) groups is 1. The Kier molecular flexibility index (Phi) is 5.66. The van der Waals surface area contributed by atoms with Crippen molar-refractivity contribution in [3.05, 3.63) is 57.3 Å². The number of aryl methyl sites for hydroxylation is 2. The smallest absolute Gasteiger partial charge is 0.234 e. The molecule has 0 saturated heterocycles. The monoisotopic (exact) mass is 344 g/mol. The molecule has 0 radical (unpaired) electrons. The Morgan fingerprint density at radius 2 is 2.21 bits per heavy atom. The molecule has 2 aromatic rings.